The Kier molecular flexibility index (Phi) is 4.00. The van der Waals surface area contributed by atoms with Gasteiger partial charge in [-0.15, -0.1) is 0 Å². The summed E-state index contributed by atoms with van der Waals surface area (Å²) in [7, 11) is 2.27. The van der Waals surface area contributed by atoms with Crippen molar-refractivity contribution in [2.24, 2.45) is 7.05 Å². The van der Waals surface area contributed by atoms with E-state index in [4.69, 9.17) is 0 Å². The first-order chi connectivity index (χ1) is 16.5. The number of pyridine rings is 1. The van der Waals surface area contributed by atoms with Gasteiger partial charge in [0.1, 0.15) is 7.05 Å². The standard InChI is InChI=1S/C33H28N/c1-19-15-20(2)21(3)27(16-19)30-14-13-26-31-24-11-7-8-12-25(24)32(33(26)34(30)4)29-18-23-10-6-5-9-22(23)17-28(29)31/h5-18,31-32H,1-4H3/q+1. The number of aryl methyl sites for hydroxylation is 2. The summed E-state index contributed by atoms with van der Waals surface area (Å²) in [6.45, 7) is 6.68. The van der Waals surface area contributed by atoms with Crippen LogP contribution in [0.25, 0.3) is 22.0 Å². The van der Waals surface area contributed by atoms with E-state index in [-0.39, 0.29) is 11.8 Å². The zero-order valence-corrected chi connectivity index (χ0v) is 20.2. The van der Waals surface area contributed by atoms with Crippen LogP contribution in [0.15, 0.2) is 84.9 Å². The molecule has 0 radical (unpaired) electrons. The third kappa shape index (κ3) is 2.53. The molecular weight excluding hydrogens is 410 g/mol. The van der Waals surface area contributed by atoms with Crippen LogP contribution in [0.5, 0.6) is 0 Å². The molecule has 164 valence electrons. The fourth-order valence-electron chi connectivity index (χ4n) is 6.65. The van der Waals surface area contributed by atoms with Crippen molar-refractivity contribution in [2.75, 3.05) is 0 Å². The van der Waals surface area contributed by atoms with Gasteiger partial charge in [0.2, 0.25) is 5.69 Å². The predicted molar refractivity (Wildman–Crippen MR) is 140 cm³/mol. The minimum Gasteiger partial charge on any atom is -0.197 e. The third-order valence-electron chi connectivity index (χ3n) is 8.30. The number of rotatable bonds is 1. The van der Waals surface area contributed by atoms with Crippen molar-refractivity contribution in [2.45, 2.75) is 32.6 Å². The van der Waals surface area contributed by atoms with Gasteiger partial charge in [0.15, 0.2) is 5.69 Å². The maximum Gasteiger partial charge on any atom is 0.212 e. The van der Waals surface area contributed by atoms with Crippen molar-refractivity contribution in [1.82, 2.24) is 0 Å². The van der Waals surface area contributed by atoms with Crippen LogP contribution in [-0.2, 0) is 7.05 Å². The van der Waals surface area contributed by atoms with Crippen molar-refractivity contribution in [1.29, 1.82) is 0 Å². The van der Waals surface area contributed by atoms with Gasteiger partial charge in [0.05, 0.1) is 5.92 Å². The predicted octanol–water partition coefficient (Wildman–Crippen LogP) is 7.24. The molecule has 1 nitrogen and oxygen atoms in total. The smallest absolute Gasteiger partial charge is 0.197 e. The molecule has 2 atom stereocenters. The summed E-state index contributed by atoms with van der Waals surface area (Å²) in [6, 6.07) is 32.2. The maximum atomic E-state index is 2.49. The lowest BCUT2D eigenvalue weighted by atomic mass is 9.62. The number of nitrogens with zero attached hydrogens (tertiary/aromatic N) is 1. The molecule has 0 spiro atoms. The fourth-order valence-corrected chi connectivity index (χ4v) is 6.65. The highest BCUT2D eigenvalue weighted by Crippen LogP contribution is 2.55. The quantitative estimate of drug-likeness (QED) is 0.238. The van der Waals surface area contributed by atoms with E-state index < -0.39 is 0 Å². The topological polar surface area (TPSA) is 3.88 Å². The van der Waals surface area contributed by atoms with Crippen LogP contribution in [0.4, 0.5) is 0 Å². The van der Waals surface area contributed by atoms with E-state index in [1.807, 2.05) is 0 Å². The van der Waals surface area contributed by atoms with Crippen molar-refractivity contribution < 1.29 is 4.57 Å². The Morgan fingerprint density at radius 3 is 1.91 bits per heavy atom. The van der Waals surface area contributed by atoms with E-state index in [1.54, 1.807) is 0 Å². The molecule has 0 saturated heterocycles. The molecule has 1 heteroatoms. The molecule has 3 aliphatic rings. The van der Waals surface area contributed by atoms with E-state index in [0.717, 1.165) is 0 Å². The van der Waals surface area contributed by atoms with Crippen LogP contribution in [0.2, 0.25) is 0 Å². The number of benzene rings is 4. The van der Waals surface area contributed by atoms with Crippen molar-refractivity contribution >= 4 is 10.8 Å². The van der Waals surface area contributed by atoms with E-state index in [1.165, 1.54) is 72.2 Å². The molecule has 1 aromatic heterocycles. The molecule has 2 bridgehead atoms. The summed E-state index contributed by atoms with van der Waals surface area (Å²) < 4.78 is 2.49. The summed E-state index contributed by atoms with van der Waals surface area (Å²) in [5.74, 6) is 0.545. The minimum atomic E-state index is 0.256. The molecule has 4 aromatic carbocycles. The summed E-state index contributed by atoms with van der Waals surface area (Å²) in [5.41, 5.74) is 15.5. The molecule has 1 heterocycles. The van der Waals surface area contributed by atoms with Crippen LogP contribution in [0.3, 0.4) is 0 Å². The van der Waals surface area contributed by atoms with E-state index >= 15 is 0 Å². The second-order valence-corrected chi connectivity index (χ2v) is 10.2. The van der Waals surface area contributed by atoms with Gasteiger partial charge < -0.3 is 0 Å². The highest BCUT2D eigenvalue weighted by atomic mass is 15.0. The average Bonchev–Trinajstić information content (AvgIpc) is 2.85. The average molecular weight is 439 g/mol. The summed E-state index contributed by atoms with van der Waals surface area (Å²) >= 11 is 0. The molecule has 0 aliphatic heterocycles. The first-order valence-electron chi connectivity index (χ1n) is 12.3. The van der Waals surface area contributed by atoms with E-state index in [9.17, 15) is 0 Å². The number of hydrogen-bond donors (Lipinski definition) is 0. The van der Waals surface area contributed by atoms with Crippen LogP contribution >= 0.6 is 0 Å². The zero-order chi connectivity index (χ0) is 23.1. The van der Waals surface area contributed by atoms with Crippen molar-refractivity contribution in [3.05, 3.63) is 135 Å². The SMILES string of the molecule is Cc1cc(C)c(C)c(-c2ccc3c([n+]2C)C2c4ccccc4C3c3cc4ccccc4cc32)c1. The van der Waals surface area contributed by atoms with Gasteiger partial charge in [0, 0.05) is 23.1 Å². The first kappa shape index (κ1) is 19.7. The molecule has 0 N–H and O–H groups in total. The number of aromatic nitrogens is 1. The lowest BCUT2D eigenvalue weighted by Gasteiger charge is -2.40. The van der Waals surface area contributed by atoms with Gasteiger partial charge in [-0.1, -0.05) is 60.2 Å². The van der Waals surface area contributed by atoms with E-state index in [0.29, 0.717) is 0 Å². The largest absolute Gasteiger partial charge is 0.212 e. The van der Waals surface area contributed by atoms with Gasteiger partial charge in [-0.3, -0.25) is 0 Å². The molecular formula is C33H28N+. The summed E-state index contributed by atoms with van der Waals surface area (Å²) in [5, 5.41) is 2.66. The van der Waals surface area contributed by atoms with Gasteiger partial charge in [-0.2, -0.15) is 4.57 Å². The Bertz CT molecular complexity index is 1660. The minimum absolute atomic E-state index is 0.256. The van der Waals surface area contributed by atoms with Crippen LogP contribution in [-0.4, -0.2) is 0 Å². The van der Waals surface area contributed by atoms with Crippen LogP contribution in [0, 0.1) is 20.8 Å². The lowest BCUT2D eigenvalue weighted by Crippen LogP contribution is -2.44. The first-order valence-corrected chi connectivity index (χ1v) is 12.3. The Labute approximate surface area is 201 Å². The van der Waals surface area contributed by atoms with Gasteiger partial charge in [0.25, 0.3) is 0 Å². The second-order valence-electron chi connectivity index (χ2n) is 10.2. The maximum absolute atomic E-state index is 2.49. The normalized spacial score (nSPS) is 17.4. The van der Waals surface area contributed by atoms with Crippen LogP contribution in [0.1, 0.15) is 62.0 Å². The van der Waals surface area contributed by atoms with Gasteiger partial charge in [-0.05, 0) is 89.2 Å². The lowest BCUT2D eigenvalue weighted by molar-refractivity contribution is -0.669. The molecule has 0 fully saturated rings. The molecule has 3 aliphatic carbocycles. The Balaban J connectivity index is 1.54. The molecule has 0 saturated carbocycles. The Morgan fingerprint density at radius 1 is 0.588 bits per heavy atom. The highest BCUT2D eigenvalue weighted by Gasteiger charge is 2.46. The second kappa shape index (κ2) is 6.90. The molecule has 0 amide bonds. The fraction of sp³-hybridized carbons (Fsp3) is 0.182. The monoisotopic (exact) mass is 438 g/mol. The van der Waals surface area contributed by atoms with Crippen molar-refractivity contribution in [3.8, 4) is 11.3 Å². The molecule has 2 unspecified atom stereocenters. The van der Waals surface area contributed by atoms with Crippen molar-refractivity contribution in [3.63, 3.8) is 0 Å². The molecule has 34 heavy (non-hydrogen) atoms. The number of hydrogen-bond acceptors (Lipinski definition) is 0. The summed E-state index contributed by atoms with van der Waals surface area (Å²) in [4.78, 5) is 0. The number of fused-ring (bicyclic) bond motifs is 1. The van der Waals surface area contributed by atoms with Crippen LogP contribution < -0.4 is 4.57 Å². The summed E-state index contributed by atoms with van der Waals surface area (Å²) in [6.07, 6.45) is 0. The highest BCUT2D eigenvalue weighted by molar-refractivity contribution is 5.86. The Morgan fingerprint density at radius 2 is 1.21 bits per heavy atom. The van der Waals surface area contributed by atoms with Gasteiger partial charge in [-0.25, -0.2) is 0 Å². The molecule has 5 aromatic rings. The van der Waals surface area contributed by atoms with E-state index in [2.05, 4.69) is 117 Å². The Hall–Kier alpha value is -3.71. The van der Waals surface area contributed by atoms with Gasteiger partial charge >= 0.3 is 0 Å². The third-order valence-corrected chi connectivity index (χ3v) is 8.30. The zero-order valence-electron chi connectivity index (χ0n) is 20.2. The molecule has 8 rings (SSSR count).